The number of amides is 2. The number of hydrazone groups is 1. The van der Waals surface area contributed by atoms with E-state index in [-0.39, 0.29) is 19.1 Å². The first kappa shape index (κ1) is 22.8. The first-order valence-electron chi connectivity index (χ1n) is 11.0. The number of hydrogen-bond acceptors (Lipinski definition) is 4. The van der Waals surface area contributed by atoms with Crippen molar-refractivity contribution in [2.45, 2.75) is 13.5 Å². The van der Waals surface area contributed by atoms with Crippen LogP contribution in [0.1, 0.15) is 16.8 Å². The van der Waals surface area contributed by atoms with Crippen molar-refractivity contribution < 1.29 is 14.3 Å². The van der Waals surface area contributed by atoms with Crippen LogP contribution in [-0.4, -0.2) is 35.7 Å². The zero-order valence-electron chi connectivity index (χ0n) is 18.9. The second kappa shape index (κ2) is 11.0. The van der Waals surface area contributed by atoms with Crippen LogP contribution in [0.5, 0.6) is 5.75 Å². The number of fused-ring (bicyclic) bond motifs is 1. The molecule has 0 aliphatic carbocycles. The topological polar surface area (TPSA) is 84.7 Å². The van der Waals surface area contributed by atoms with E-state index in [2.05, 4.69) is 38.6 Å². The van der Waals surface area contributed by atoms with Gasteiger partial charge in [0.25, 0.3) is 11.8 Å². The lowest BCUT2D eigenvalue weighted by Gasteiger charge is -2.08. The van der Waals surface area contributed by atoms with E-state index in [0.717, 1.165) is 28.7 Å². The Labute approximate surface area is 198 Å². The molecule has 2 amide bonds. The molecular formula is C27H26N4O3. The minimum absolute atomic E-state index is 0.166. The molecule has 4 rings (SSSR count). The molecule has 0 aliphatic heterocycles. The maximum absolute atomic E-state index is 12.1. The minimum Gasteiger partial charge on any atom is -0.484 e. The van der Waals surface area contributed by atoms with E-state index in [1.807, 2.05) is 61.5 Å². The standard InChI is InChI=1S/C27H26N4O3/c1-20-24(23-14-8-9-15-25(23)31(20)18-21-10-4-2-5-11-21)16-29-30-26(32)17-28-27(33)19-34-22-12-6-3-7-13-22/h2-16H,17-19H2,1H3,(H,28,33)(H,30,32). The number of rotatable bonds is 9. The van der Waals surface area contributed by atoms with Gasteiger partial charge in [-0.3, -0.25) is 9.59 Å². The second-order valence-corrected chi connectivity index (χ2v) is 7.76. The Hall–Kier alpha value is -4.39. The number of para-hydroxylation sites is 2. The molecule has 34 heavy (non-hydrogen) atoms. The number of nitrogens with zero attached hydrogens (tertiary/aromatic N) is 2. The summed E-state index contributed by atoms with van der Waals surface area (Å²) in [4.78, 5) is 24.0. The zero-order valence-corrected chi connectivity index (χ0v) is 18.9. The maximum Gasteiger partial charge on any atom is 0.259 e. The third kappa shape index (κ3) is 5.69. The van der Waals surface area contributed by atoms with Gasteiger partial charge in [-0.1, -0.05) is 66.7 Å². The Morgan fingerprint density at radius 3 is 2.35 bits per heavy atom. The molecule has 0 bridgehead atoms. The summed E-state index contributed by atoms with van der Waals surface area (Å²) in [6, 6.07) is 27.4. The molecular weight excluding hydrogens is 428 g/mol. The van der Waals surface area contributed by atoms with Crippen molar-refractivity contribution in [2.24, 2.45) is 5.10 Å². The van der Waals surface area contributed by atoms with Gasteiger partial charge in [0.2, 0.25) is 0 Å². The van der Waals surface area contributed by atoms with E-state index < -0.39 is 5.91 Å². The van der Waals surface area contributed by atoms with Crippen molar-refractivity contribution in [3.05, 3.63) is 102 Å². The van der Waals surface area contributed by atoms with Crippen molar-refractivity contribution in [3.63, 3.8) is 0 Å². The monoisotopic (exact) mass is 454 g/mol. The fourth-order valence-electron chi connectivity index (χ4n) is 3.69. The predicted molar refractivity (Wildman–Crippen MR) is 133 cm³/mol. The summed E-state index contributed by atoms with van der Waals surface area (Å²) in [5, 5.41) is 7.70. The van der Waals surface area contributed by atoms with Crippen LogP contribution in [0.25, 0.3) is 10.9 Å². The highest BCUT2D eigenvalue weighted by Crippen LogP contribution is 2.25. The minimum atomic E-state index is -0.421. The van der Waals surface area contributed by atoms with Gasteiger partial charge in [0.15, 0.2) is 6.61 Å². The molecule has 3 aromatic carbocycles. The third-order valence-electron chi connectivity index (χ3n) is 5.41. The summed E-state index contributed by atoms with van der Waals surface area (Å²) in [5.74, 6) is -0.216. The van der Waals surface area contributed by atoms with E-state index in [4.69, 9.17) is 4.74 Å². The molecule has 0 atom stereocenters. The van der Waals surface area contributed by atoms with Crippen LogP contribution in [0.3, 0.4) is 0 Å². The second-order valence-electron chi connectivity index (χ2n) is 7.76. The molecule has 7 nitrogen and oxygen atoms in total. The third-order valence-corrected chi connectivity index (χ3v) is 5.41. The molecule has 0 unspecified atom stereocenters. The lowest BCUT2D eigenvalue weighted by Crippen LogP contribution is -2.37. The van der Waals surface area contributed by atoms with Gasteiger partial charge in [0, 0.05) is 28.7 Å². The van der Waals surface area contributed by atoms with Gasteiger partial charge in [0.1, 0.15) is 5.75 Å². The Balaban J connectivity index is 1.35. The van der Waals surface area contributed by atoms with Crippen LogP contribution in [0.15, 0.2) is 90.0 Å². The molecule has 7 heteroatoms. The lowest BCUT2D eigenvalue weighted by atomic mass is 10.1. The van der Waals surface area contributed by atoms with Gasteiger partial charge in [-0.25, -0.2) is 5.43 Å². The SMILES string of the molecule is Cc1c(C=NNC(=O)CNC(=O)COc2ccccc2)c2ccccc2n1Cc1ccccc1. The number of ether oxygens (including phenoxy) is 1. The highest BCUT2D eigenvalue weighted by Gasteiger charge is 2.13. The van der Waals surface area contributed by atoms with Gasteiger partial charge in [-0.15, -0.1) is 0 Å². The molecule has 0 spiro atoms. The van der Waals surface area contributed by atoms with E-state index in [9.17, 15) is 9.59 Å². The maximum atomic E-state index is 12.1. The normalized spacial score (nSPS) is 11.0. The number of carbonyl (C=O) groups is 2. The number of hydrogen-bond donors (Lipinski definition) is 2. The molecule has 172 valence electrons. The number of nitrogens with one attached hydrogen (secondary N) is 2. The molecule has 0 radical (unpaired) electrons. The van der Waals surface area contributed by atoms with E-state index in [1.165, 1.54) is 5.56 Å². The van der Waals surface area contributed by atoms with Crippen molar-refractivity contribution in [3.8, 4) is 5.75 Å². The van der Waals surface area contributed by atoms with E-state index >= 15 is 0 Å². The summed E-state index contributed by atoms with van der Waals surface area (Å²) in [6.45, 7) is 2.42. The number of aromatic nitrogens is 1. The first-order chi connectivity index (χ1) is 16.6. The quantitative estimate of drug-likeness (QED) is 0.299. The Morgan fingerprint density at radius 1 is 0.912 bits per heavy atom. The molecule has 0 aliphatic rings. The fraction of sp³-hybridized carbons (Fsp3) is 0.148. The zero-order chi connectivity index (χ0) is 23.8. The molecule has 0 saturated heterocycles. The number of carbonyl (C=O) groups excluding carboxylic acids is 2. The molecule has 0 saturated carbocycles. The van der Waals surface area contributed by atoms with Gasteiger partial charge >= 0.3 is 0 Å². The van der Waals surface area contributed by atoms with E-state index in [1.54, 1.807) is 18.3 Å². The molecule has 4 aromatic rings. The summed E-state index contributed by atoms with van der Waals surface area (Å²) in [6.07, 6.45) is 1.65. The highest BCUT2D eigenvalue weighted by atomic mass is 16.5. The molecule has 2 N–H and O–H groups in total. The van der Waals surface area contributed by atoms with E-state index in [0.29, 0.717) is 5.75 Å². The predicted octanol–water partition coefficient (Wildman–Crippen LogP) is 3.64. The van der Waals surface area contributed by atoms with Crippen LogP contribution in [0, 0.1) is 6.92 Å². The largest absolute Gasteiger partial charge is 0.484 e. The van der Waals surface area contributed by atoms with Crippen molar-refractivity contribution in [2.75, 3.05) is 13.2 Å². The van der Waals surface area contributed by atoms with Crippen LogP contribution >= 0.6 is 0 Å². The molecule has 1 heterocycles. The van der Waals surface area contributed by atoms with Crippen LogP contribution in [-0.2, 0) is 16.1 Å². The molecule has 1 aromatic heterocycles. The van der Waals surface area contributed by atoms with Crippen LogP contribution < -0.4 is 15.5 Å². The number of benzene rings is 3. The lowest BCUT2D eigenvalue weighted by molar-refractivity contribution is -0.127. The first-order valence-corrected chi connectivity index (χ1v) is 11.0. The Bertz CT molecular complexity index is 1300. The summed E-state index contributed by atoms with van der Waals surface area (Å²) >= 11 is 0. The summed E-state index contributed by atoms with van der Waals surface area (Å²) < 4.78 is 7.60. The van der Waals surface area contributed by atoms with Gasteiger partial charge < -0.3 is 14.6 Å². The highest BCUT2D eigenvalue weighted by molar-refractivity contribution is 6.01. The van der Waals surface area contributed by atoms with Crippen molar-refractivity contribution in [1.82, 2.24) is 15.3 Å². The average molecular weight is 455 g/mol. The van der Waals surface area contributed by atoms with Gasteiger partial charge in [-0.05, 0) is 30.7 Å². The van der Waals surface area contributed by atoms with Gasteiger partial charge in [-0.2, -0.15) is 5.10 Å². The fourth-order valence-corrected chi connectivity index (χ4v) is 3.69. The van der Waals surface area contributed by atoms with Crippen LogP contribution in [0.2, 0.25) is 0 Å². The summed E-state index contributed by atoms with van der Waals surface area (Å²) in [7, 11) is 0. The van der Waals surface area contributed by atoms with Gasteiger partial charge in [0.05, 0.1) is 12.8 Å². The van der Waals surface area contributed by atoms with Crippen molar-refractivity contribution >= 4 is 28.9 Å². The average Bonchev–Trinajstić information content (AvgIpc) is 3.13. The smallest absolute Gasteiger partial charge is 0.259 e. The molecule has 0 fully saturated rings. The summed E-state index contributed by atoms with van der Waals surface area (Å²) in [5.41, 5.74) is 6.77. The van der Waals surface area contributed by atoms with Crippen molar-refractivity contribution in [1.29, 1.82) is 0 Å². The Morgan fingerprint density at radius 2 is 1.59 bits per heavy atom. The Kier molecular flexibility index (Phi) is 7.35. The van der Waals surface area contributed by atoms with Crippen LogP contribution in [0.4, 0.5) is 0 Å².